The van der Waals surface area contributed by atoms with Crippen molar-refractivity contribution in [2.24, 2.45) is 5.92 Å². The molecule has 0 radical (unpaired) electrons. The lowest BCUT2D eigenvalue weighted by Gasteiger charge is -2.19. The highest BCUT2D eigenvalue weighted by Crippen LogP contribution is 2.06. The van der Waals surface area contributed by atoms with Crippen molar-refractivity contribution in [3.8, 4) is 0 Å². The molecule has 0 rings (SSSR count). The van der Waals surface area contributed by atoms with Crippen LogP contribution in [0.3, 0.4) is 0 Å². The lowest BCUT2D eigenvalue weighted by atomic mass is 10.1. The minimum atomic E-state index is -0.0973. The molecule has 0 aliphatic carbocycles. The van der Waals surface area contributed by atoms with Crippen LogP contribution in [0, 0.1) is 5.92 Å². The SMILES string of the molecule is CCC(COC)C(=O)N(C)OC. The molecule has 0 aromatic heterocycles. The number of carbonyl (C=O) groups is 1. The molecular formula is C8H17NO3. The van der Waals surface area contributed by atoms with E-state index in [4.69, 9.17) is 9.57 Å². The van der Waals surface area contributed by atoms with E-state index in [0.29, 0.717) is 6.61 Å². The van der Waals surface area contributed by atoms with Gasteiger partial charge in [0.1, 0.15) is 0 Å². The monoisotopic (exact) mass is 175 g/mol. The fourth-order valence-corrected chi connectivity index (χ4v) is 0.912. The minimum absolute atomic E-state index is 0.0400. The van der Waals surface area contributed by atoms with Crippen molar-refractivity contribution in [1.82, 2.24) is 5.06 Å². The van der Waals surface area contributed by atoms with Crippen molar-refractivity contribution in [2.45, 2.75) is 13.3 Å². The van der Waals surface area contributed by atoms with Crippen molar-refractivity contribution in [2.75, 3.05) is 27.9 Å². The lowest BCUT2D eigenvalue weighted by molar-refractivity contribution is -0.175. The normalized spacial score (nSPS) is 12.7. The van der Waals surface area contributed by atoms with E-state index in [-0.39, 0.29) is 11.8 Å². The Morgan fingerprint density at radius 3 is 2.42 bits per heavy atom. The van der Waals surface area contributed by atoms with Crippen LogP contribution in [0.25, 0.3) is 0 Å². The largest absolute Gasteiger partial charge is 0.384 e. The molecule has 0 N–H and O–H groups in total. The van der Waals surface area contributed by atoms with Gasteiger partial charge in [-0.05, 0) is 6.42 Å². The van der Waals surface area contributed by atoms with E-state index in [1.165, 1.54) is 12.2 Å². The summed E-state index contributed by atoms with van der Waals surface area (Å²) in [5.74, 6) is -0.137. The highest BCUT2D eigenvalue weighted by atomic mass is 16.7. The summed E-state index contributed by atoms with van der Waals surface area (Å²) in [6.45, 7) is 2.40. The first-order valence-corrected chi connectivity index (χ1v) is 3.97. The van der Waals surface area contributed by atoms with E-state index in [1.807, 2.05) is 6.92 Å². The average molecular weight is 175 g/mol. The highest BCUT2D eigenvalue weighted by Gasteiger charge is 2.19. The predicted molar refractivity (Wildman–Crippen MR) is 45.4 cm³/mol. The molecule has 0 aliphatic rings. The summed E-state index contributed by atoms with van der Waals surface area (Å²) in [5, 5.41) is 1.23. The fourth-order valence-electron chi connectivity index (χ4n) is 0.912. The number of hydrogen-bond donors (Lipinski definition) is 0. The van der Waals surface area contributed by atoms with Crippen LogP contribution in [-0.2, 0) is 14.4 Å². The standard InChI is InChI=1S/C8H17NO3/c1-5-7(6-11-3)8(10)9(2)12-4/h7H,5-6H2,1-4H3. The van der Waals surface area contributed by atoms with E-state index < -0.39 is 0 Å². The number of carbonyl (C=O) groups excluding carboxylic acids is 1. The van der Waals surface area contributed by atoms with Crippen LogP contribution in [0.1, 0.15) is 13.3 Å². The maximum absolute atomic E-state index is 11.4. The summed E-state index contributed by atoms with van der Waals surface area (Å²) < 4.78 is 4.91. The number of nitrogens with zero attached hydrogens (tertiary/aromatic N) is 1. The van der Waals surface area contributed by atoms with Gasteiger partial charge in [0.25, 0.3) is 5.91 Å². The quantitative estimate of drug-likeness (QED) is 0.577. The van der Waals surface area contributed by atoms with Crippen LogP contribution >= 0.6 is 0 Å². The third-order valence-corrected chi connectivity index (χ3v) is 1.79. The molecule has 0 saturated heterocycles. The smallest absolute Gasteiger partial charge is 0.251 e. The second kappa shape index (κ2) is 5.97. The minimum Gasteiger partial charge on any atom is -0.384 e. The van der Waals surface area contributed by atoms with Crippen LogP contribution in [0.5, 0.6) is 0 Å². The van der Waals surface area contributed by atoms with Crippen LogP contribution in [0.15, 0.2) is 0 Å². The van der Waals surface area contributed by atoms with Crippen molar-refractivity contribution >= 4 is 5.91 Å². The summed E-state index contributed by atoms with van der Waals surface area (Å²) in [5.41, 5.74) is 0. The molecule has 0 bridgehead atoms. The number of amides is 1. The second-order valence-corrected chi connectivity index (χ2v) is 2.58. The Labute approximate surface area is 73.4 Å². The summed E-state index contributed by atoms with van der Waals surface area (Å²) in [6.07, 6.45) is 0.764. The van der Waals surface area contributed by atoms with Crippen LogP contribution in [-0.4, -0.2) is 38.8 Å². The molecule has 0 aromatic carbocycles. The molecule has 1 amide bonds. The molecule has 0 saturated carbocycles. The van der Waals surface area contributed by atoms with Crippen molar-refractivity contribution in [1.29, 1.82) is 0 Å². The first kappa shape index (κ1) is 11.4. The Morgan fingerprint density at radius 1 is 1.50 bits per heavy atom. The van der Waals surface area contributed by atoms with E-state index in [9.17, 15) is 4.79 Å². The Bertz CT molecular complexity index is 138. The van der Waals surface area contributed by atoms with Gasteiger partial charge < -0.3 is 4.74 Å². The molecule has 0 aromatic rings. The van der Waals surface area contributed by atoms with Gasteiger partial charge in [0.05, 0.1) is 19.6 Å². The van der Waals surface area contributed by atoms with Gasteiger partial charge in [-0.25, -0.2) is 5.06 Å². The number of hydroxylamine groups is 2. The van der Waals surface area contributed by atoms with Gasteiger partial charge in [0.2, 0.25) is 0 Å². The molecular weight excluding hydrogens is 158 g/mol. The van der Waals surface area contributed by atoms with Gasteiger partial charge in [-0.15, -0.1) is 0 Å². The molecule has 4 nitrogen and oxygen atoms in total. The van der Waals surface area contributed by atoms with Crippen molar-refractivity contribution in [3.63, 3.8) is 0 Å². The van der Waals surface area contributed by atoms with E-state index in [2.05, 4.69) is 0 Å². The average Bonchev–Trinajstić information content (AvgIpc) is 2.11. The van der Waals surface area contributed by atoms with Crippen LogP contribution < -0.4 is 0 Å². The third-order valence-electron chi connectivity index (χ3n) is 1.79. The maximum Gasteiger partial charge on any atom is 0.251 e. The first-order chi connectivity index (χ1) is 5.67. The van der Waals surface area contributed by atoms with E-state index in [1.54, 1.807) is 14.2 Å². The zero-order chi connectivity index (χ0) is 9.56. The van der Waals surface area contributed by atoms with Gasteiger partial charge in [0, 0.05) is 14.2 Å². The Balaban J connectivity index is 4.01. The van der Waals surface area contributed by atoms with Gasteiger partial charge in [-0.1, -0.05) is 6.92 Å². The molecule has 0 spiro atoms. The van der Waals surface area contributed by atoms with Gasteiger partial charge in [-0.3, -0.25) is 9.63 Å². The van der Waals surface area contributed by atoms with Gasteiger partial charge in [0.15, 0.2) is 0 Å². The predicted octanol–water partition coefficient (Wildman–Crippen LogP) is 0.679. The van der Waals surface area contributed by atoms with Crippen LogP contribution in [0.2, 0.25) is 0 Å². The van der Waals surface area contributed by atoms with E-state index >= 15 is 0 Å². The fraction of sp³-hybridized carbons (Fsp3) is 0.875. The molecule has 0 heterocycles. The molecule has 0 aliphatic heterocycles. The number of methoxy groups -OCH3 is 1. The van der Waals surface area contributed by atoms with Crippen molar-refractivity contribution in [3.05, 3.63) is 0 Å². The molecule has 0 fully saturated rings. The number of hydrogen-bond acceptors (Lipinski definition) is 3. The third kappa shape index (κ3) is 3.19. The topological polar surface area (TPSA) is 38.8 Å². The molecule has 1 unspecified atom stereocenters. The summed E-state index contributed by atoms with van der Waals surface area (Å²) in [4.78, 5) is 16.2. The lowest BCUT2D eigenvalue weighted by Crippen LogP contribution is -2.33. The summed E-state index contributed by atoms with van der Waals surface area (Å²) >= 11 is 0. The van der Waals surface area contributed by atoms with E-state index in [0.717, 1.165) is 6.42 Å². The maximum atomic E-state index is 11.4. The molecule has 4 heteroatoms. The zero-order valence-corrected chi connectivity index (χ0v) is 8.16. The van der Waals surface area contributed by atoms with Gasteiger partial charge in [-0.2, -0.15) is 0 Å². The van der Waals surface area contributed by atoms with Crippen LogP contribution in [0.4, 0.5) is 0 Å². The van der Waals surface area contributed by atoms with Crippen molar-refractivity contribution < 1.29 is 14.4 Å². The Kier molecular flexibility index (Phi) is 5.66. The zero-order valence-electron chi connectivity index (χ0n) is 8.16. The highest BCUT2D eigenvalue weighted by molar-refractivity contribution is 5.77. The second-order valence-electron chi connectivity index (χ2n) is 2.58. The number of rotatable bonds is 5. The Hall–Kier alpha value is -0.610. The molecule has 72 valence electrons. The molecule has 1 atom stereocenters. The summed E-state index contributed by atoms with van der Waals surface area (Å²) in [7, 11) is 4.65. The summed E-state index contributed by atoms with van der Waals surface area (Å²) in [6, 6.07) is 0. The molecule has 12 heavy (non-hydrogen) atoms. The Morgan fingerprint density at radius 2 is 2.08 bits per heavy atom. The number of ether oxygens (including phenoxy) is 1. The van der Waals surface area contributed by atoms with Gasteiger partial charge >= 0.3 is 0 Å². The first-order valence-electron chi connectivity index (χ1n) is 3.97.